The van der Waals surface area contributed by atoms with Gasteiger partial charge in [-0.05, 0) is 50.3 Å². The summed E-state index contributed by atoms with van der Waals surface area (Å²) in [5, 5.41) is 6.63. The smallest absolute Gasteiger partial charge is 0.271 e. The number of carbonyl (C=O) groups is 1. The minimum absolute atomic E-state index is 0.141. The van der Waals surface area contributed by atoms with Gasteiger partial charge < -0.3 is 9.84 Å². The number of hydrogen-bond acceptors (Lipinski definition) is 6. The Hall–Kier alpha value is -2.91. The van der Waals surface area contributed by atoms with Crippen molar-refractivity contribution in [2.45, 2.75) is 31.4 Å². The maximum atomic E-state index is 12.6. The Morgan fingerprint density at radius 1 is 1.14 bits per heavy atom. The molecule has 1 aromatic carbocycles. The van der Waals surface area contributed by atoms with E-state index in [1.807, 2.05) is 19.1 Å². The molecule has 0 aliphatic heterocycles. The average Bonchev–Trinajstić information content (AvgIpc) is 3.30. The molecule has 0 radical (unpaired) electrons. The molecule has 0 saturated heterocycles. The number of aryl methyl sites for hydroxylation is 2. The number of sulfonamides is 1. The highest BCUT2D eigenvalue weighted by atomic mass is 32.2. The van der Waals surface area contributed by atoms with E-state index in [1.54, 1.807) is 50.3 Å². The number of rotatable bonds is 7. The van der Waals surface area contributed by atoms with Crippen LogP contribution in [-0.2, 0) is 14.8 Å². The number of carbonyl (C=O) groups excluding carboxylic acids is 1. The maximum absolute atomic E-state index is 12.6. The number of thiophene rings is 1. The molecule has 0 atom stereocenters. The molecule has 1 amide bonds. The summed E-state index contributed by atoms with van der Waals surface area (Å²) in [4.78, 5) is 12.4. The van der Waals surface area contributed by atoms with Crippen molar-refractivity contribution in [2.75, 3.05) is 10.0 Å². The lowest BCUT2D eigenvalue weighted by molar-refractivity contribution is -0.115. The first-order valence-corrected chi connectivity index (χ1v) is 11.2. The zero-order valence-electron chi connectivity index (χ0n) is 16.2. The van der Waals surface area contributed by atoms with E-state index in [0.29, 0.717) is 29.2 Å². The molecule has 2 aromatic heterocycles. The van der Waals surface area contributed by atoms with Gasteiger partial charge in [-0.1, -0.05) is 29.8 Å². The summed E-state index contributed by atoms with van der Waals surface area (Å²) in [5.41, 5.74) is 2.64. The van der Waals surface area contributed by atoms with Crippen LogP contribution >= 0.6 is 11.3 Å². The minimum atomic E-state index is -3.67. The first-order chi connectivity index (χ1) is 13.8. The van der Waals surface area contributed by atoms with Crippen LogP contribution in [0.4, 0.5) is 11.4 Å². The average molecular weight is 432 g/mol. The molecule has 9 heteroatoms. The summed E-state index contributed by atoms with van der Waals surface area (Å²) in [7, 11) is -3.67. The van der Waals surface area contributed by atoms with Crippen molar-refractivity contribution in [3.8, 4) is 0 Å². The van der Waals surface area contributed by atoms with Gasteiger partial charge in [0, 0.05) is 17.0 Å². The Morgan fingerprint density at radius 2 is 1.86 bits per heavy atom. The van der Waals surface area contributed by atoms with E-state index >= 15 is 0 Å². The highest BCUT2D eigenvalue weighted by Crippen LogP contribution is 2.27. The largest absolute Gasteiger partial charge is 0.354 e. The number of nitrogens with zero attached hydrogens (tertiary/aromatic N) is 1. The highest BCUT2D eigenvalue weighted by molar-refractivity contribution is 7.94. The zero-order chi connectivity index (χ0) is 21.0. The van der Waals surface area contributed by atoms with E-state index in [2.05, 4.69) is 15.2 Å². The minimum Gasteiger partial charge on any atom is -0.354 e. The number of hydrogen-bond donors (Lipinski definition) is 2. The molecule has 0 saturated carbocycles. The van der Waals surface area contributed by atoms with Gasteiger partial charge in [0.15, 0.2) is 5.76 Å². The van der Waals surface area contributed by atoms with Crippen molar-refractivity contribution in [3.05, 3.63) is 58.3 Å². The van der Waals surface area contributed by atoms with Crippen molar-refractivity contribution in [1.82, 2.24) is 5.16 Å². The number of anilines is 2. The fourth-order valence-corrected chi connectivity index (χ4v) is 4.72. The second-order valence-corrected chi connectivity index (χ2v) is 9.40. The van der Waals surface area contributed by atoms with Crippen LogP contribution in [0.25, 0.3) is 12.2 Å². The molecule has 0 spiro atoms. The zero-order valence-corrected chi connectivity index (χ0v) is 17.9. The number of nitrogens with one attached hydrogen (secondary N) is 2. The molecule has 0 aliphatic carbocycles. The standard InChI is InChI=1S/C20H21N3O4S2/c1-4-18(24)21-20-14(3)22-27-17(20)11-9-16-10-12-19(28-16)29(25,26)23-15-7-5-13(2)6-8-15/h5-12,23H,4H2,1-3H3,(H,21,24)/b11-9+. The van der Waals surface area contributed by atoms with E-state index in [0.717, 1.165) is 21.8 Å². The van der Waals surface area contributed by atoms with Gasteiger partial charge in [-0.25, -0.2) is 8.42 Å². The maximum Gasteiger partial charge on any atom is 0.271 e. The lowest BCUT2D eigenvalue weighted by atomic mass is 10.2. The predicted molar refractivity (Wildman–Crippen MR) is 115 cm³/mol. The Bertz CT molecular complexity index is 1140. The summed E-state index contributed by atoms with van der Waals surface area (Å²) in [6.45, 7) is 5.43. The lowest BCUT2D eigenvalue weighted by Gasteiger charge is -2.06. The van der Waals surface area contributed by atoms with Crippen molar-refractivity contribution < 1.29 is 17.7 Å². The van der Waals surface area contributed by atoms with Crippen LogP contribution in [-0.4, -0.2) is 19.5 Å². The van der Waals surface area contributed by atoms with Crippen LogP contribution in [0.1, 0.15) is 35.2 Å². The molecule has 152 valence electrons. The molecular weight excluding hydrogens is 410 g/mol. The van der Waals surface area contributed by atoms with E-state index in [4.69, 9.17) is 4.52 Å². The number of aromatic nitrogens is 1. The molecule has 0 aliphatic rings. The van der Waals surface area contributed by atoms with Crippen LogP contribution < -0.4 is 10.0 Å². The van der Waals surface area contributed by atoms with Crippen molar-refractivity contribution >= 4 is 50.8 Å². The summed E-state index contributed by atoms with van der Waals surface area (Å²) < 4.78 is 33.2. The van der Waals surface area contributed by atoms with Crippen molar-refractivity contribution in [1.29, 1.82) is 0 Å². The first-order valence-electron chi connectivity index (χ1n) is 8.92. The molecule has 0 unspecified atom stereocenters. The Kier molecular flexibility index (Phi) is 6.19. The van der Waals surface area contributed by atoms with E-state index < -0.39 is 10.0 Å². The molecule has 29 heavy (non-hydrogen) atoms. The monoisotopic (exact) mass is 431 g/mol. The molecule has 0 bridgehead atoms. The van der Waals surface area contributed by atoms with Crippen LogP contribution in [0, 0.1) is 13.8 Å². The van der Waals surface area contributed by atoms with Crippen LogP contribution in [0.3, 0.4) is 0 Å². The topological polar surface area (TPSA) is 101 Å². The molecular formula is C20H21N3O4S2. The molecule has 0 fully saturated rings. The van der Waals surface area contributed by atoms with E-state index in [9.17, 15) is 13.2 Å². The summed E-state index contributed by atoms with van der Waals surface area (Å²) in [6, 6.07) is 10.4. The van der Waals surface area contributed by atoms with E-state index in [1.165, 1.54) is 0 Å². The fourth-order valence-electron chi connectivity index (χ4n) is 2.43. The third kappa shape index (κ3) is 5.12. The van der Waals surface area contributed by atoms with Gasteiger partial charge in [-0.2, -0.15) is 0 Å². The van der Waals surface area contributed by atoms with Crippen LogP contribution in [0.5, 0.6) is 0 Å². The predicted octanol–water partition coefficient (Wildman–Crippen LogP) is 4.67. The first kappa shape index (κ1) is 20.8. The summed E-state index contributed by atoms with van der Waals surface area (Å²) in [6.07, 6.45) is 3.71. The SMILES string of the molecule is CCC(=O)Nc1c(C)noc1/C=C/c1ccc(S(=O)(=O)Nc2ccc(C)cc2)s1. The second kappa shape index (κ2) is 8.62. The lowest BCUT2D eigenvalue weighted by Crippen LogP contribution is -2.11. The van der Waals surface area contributed by atoms with Gasteiger partial charge in [-0.15, -0.1) is 11.3 Å². The summed E-state index contributed by atoms with van der Waals surface area (Å²) in [5.74, 6) is 0.262. The second-order valence-electron chi connectivity index (χ2n) is 6.37. The van der Waals surface area contributed by atoms with E-state index in [-0.39, 0.29) is 10.1 Å². The third-order valence-corrected chi connectivity index (χ3v) is 6.97. The fraction of sp³-hybridized carbons (Fsp3) is 0.200. The Morgan fingerprint density at radius 3 is 2.55 bits per heavy atom. The molecule has 2 heterocycles. The third-order valence-electron chi connectivity index (χ3n) is 4.04. The molecule has 3 rings (SSSR count). The van der Waals surface area contributed by atoms with Crippen molar-refractivity contribution in [2.24, 2.45) is 0 Å². The Labute approximate surface area is 173 Å². The van der Waals surface area contributed by atoms with Crippen molar-refractivity contribution in [3.63, 3.8) is 0 Å². The van der Waals surface area contributed by atoms with Gasteiger partial charge in [-0.3, -0.25) is 9.52 Å². The van der Waals surface area contributed by atoms with Gasteiger partial charge in [0.05, 0.1) is 0 Å². The Balaban J connectivity index is 1.76. The molecule has 2 N–H and O–H groups in total. The summed E-state index contributed by atoms with van der Waals surface area (Å²) >= 11 is 1.13. The van der Waals surface area contributed by atoms with Crippen LogP contribution in [0.15, 0.2) is 45.1 Å². The number of amides is 1. The van der Waals surface area contributed by atoms with Crippen LogP contribution in [0.2, 0.25) is 0 Å². The normalized spacial score (nSPS) is 11.7. The highest BCUT2D eigenvalue weighted by Gasteiger charge is 2.17. The van der Waals surface area contributed by atoms with Gasteiger partial charge >= 0.3 is 0 Å². The van der Waals surface area contributed by atoms with Gasteiger partial charge in [0.2, 0.25) is 5.91 Å². The molecule has 7 nitrogen and oxygen atoms in total. The van der Waals surface area contributed by atoms with Gasteiger partial charge in [0.1, 0.15) is 15.6 Å². The number of benzene rings is 1. The molecule has 3 aromatic rings. The van der Waals surface area contributed by atoms with Gasteiger partial charge in [0.25, 0.3) is 10.0 Å². The quantitative estimate of drug-likeness (QED) is 0.566.